The molecule has 1 aromatic carbocycles. The quantitative estimate of drug-likeness (QED) is 0.757. The predicted molar refractivity (Wildman–Crippen MR) is 124 cm³/mol. The number of carbonyl (C=O) groups excluding carboxylic acids is 1. The van der Waals surface area contributed by atoms with Crippen molar-refractivity contribution >= 4 is 30.7 Å². The van der Waals surface area contributed by atoms with Crippen LogP contribution < -0.4 is 5.32 Å². The van der Waals surface area contributed by atoms with Gasteiger partial charge in [-0.05, 0) is 50.5 Å². The molecule has 0 bridgehead atoms. The van der Waals surface area contributed by atoms with E-state index in [1.807, 2.05) is 7.05 Å². The van der Waals surface area contributed by atoms with Gasteiger partial charge in [-0.25, -0.2) is 0 Å². The highest BCUT2D eigenvalue weighted by atomic mass is 35.5. The Bertz CT molecular complexity index is 630. The molecule has 3 fully saturated rings. The van der Waals surface area contributed by atoms with Crippen molar-refractivity contribution in [3.8, 4) is 0 Å². The topological polar surface area (TPSA) is 35.6 Å². The monoisotopic (exact) mass is 441 g/mol. The van der Waals surface area contributed by atoms with Crippen LogP contribution in [0.3, 0.4) is 0 Å². The maximum Gasteiger partial charge on any atom is 0.239 e. The number of amides is 1. The molecule has 1 saturated carbocycles. The van der Waals surface area contributed by atoms with E-state index >= 15 is 0 Å². The molecule has 0 spiro atoms. The minimum atomic E-state index is 0. The lowest BCUT2D eigenvalue weighted by molar-refractivity contribution is -0.135. The molecule has 1 N–H and O–H groups in total. The van der Waals surface area contributed by atoms with Gasteiger partial charge in [-0.15, -0.1) is 24.8 Å². The molecule has 2 heterocycles. The van der Waals surface area contributed by atoms with Gasteiger partial charge in [0.15, 0.2) is 0 Å². The van der Waals surface area contributed by atoms with Gasteiger partial charge in [0.2, 0.25) is 5.91 Å². The van der Waals surface area contributed by atoms with E-state index in [2.05, 4.69) is 52.4 Å². The van der Waals surface area contributed by atoms with Crippen LogP contribution in [0.2, 0.25) is 0 Å². The second kappa shape index (κ2) is 11.0. The number of benzene rings is 1. The Balaban J connectivity index is 0.00000150. The number of nitrogens with one attached hydrogen (secondary N) is 1. The smallest absolute Gasteiger partial charge is 0.239 e. The van der Waals surface area contributed by atoms with Crippen LogP contribution in [0, 0.1) is 5.92 Å². The Kier molecular flexibility index (Phi) is 9.27. The fourth-order valence-corrected chi connectivity index (χ4v) is 5.54. The van der Waals surface area contributed by atoms with Crippen molar-refractivity contribution in [3.05, 3.63) is 35.9 Å². The van der Waals surface area contributed by atoms with Crippen LogP contribution in [0.4, 0.5) is 0 Å². The largest absolute Gasteiger partial charge is 0.341 e. The first-order valence-electron chi connectivity index (χ1n) is 10.9. The summed E-state index contributed by atoms with van der Waals surface area (Å²) in [6.07, 6.45) is 8.44. The number of halogens is 2. The van der Waals surface area contributed by atoms with Crippen molar-refractivity contribution in [2.45, 2.75) is 82.6 Å². The standard InChI is InChI=1S/C23H35N3O.2ClH/c1-17-14-20(12-13-26(17)16-18-8-4-3-5-9-18)25(2)23(27)22-15-19-10-6-7-11-21(19)24-22;;/h3-5,8-9,17,19-22,24H,6-7,10-16H2,1-2H3;2*1H. The molecule has 1 amide bonds. The second-order valence-electron chi connectivity index (χ2n) is 9.04. The molecular weight excluding hydrogens is 405 g/mol. The van der Waals surface area contributed by atoms with Gasteiger partial charge in [-0.1, -0.05) is 43.2 Å². The van der Waals surface area contributed by atoms with Crippen LogP contribution in [-0.4, -0.2) is 53.5 Å². The van der Waals surface area contributed by atoms with E-state index < -0.39 is 0 Å². The molecule has 1 aromatic rings. The van der Waals surface area contributed by atoms with Gasteiger partial charge < -0.3 is 10.2 Å². The first kappa shape index (κ1) is 24.5. The number of fused-ring (bicyclic) bond motifs is 1. The van der Waals surface area contributed by atoms with Crippen LogP contribution in [0.5, 0.6) is 0 Å². The number of nitrogens with zero attached hydrogens (tertiary/aromatic N) is 2. The average Bonchev–Trinajstić information content (AvgIpc) is 3.13. The maximum atomic E-state index is 13.1. The van der Waals surface area contributed by atoms with Gasteiger partial charge in [-0.2, -0.15) is 0 Å². The van der Waals surface area contributed by atoms with Gasteiger partial charge >= 0.3 is 0 Å². The van der Waals surface area contributed by atoms with Gasteiger partial charge in [-0.3, -0.25) is 9.69 Å². The summed E-state index contributed by atoms with van der Waals surface area (Å²) < 4.78 is 0. The first-order chi connectivity index (χ1) is 13.1. The molecule has 0 aromatic heterocycles. The molecule has 164 valence electrons. The molecule has 5 atom stereocenters. The Morgan fingerprint density at radius 3 is 2.52 bits per heavy atom. The zero-order chi connectivity index (χ0) is 18.8. The Morgan fingerprint density at radius 1 is 1.10 bits per heavy atom. The molecule has 0 radical (unpaired) electrons. The predicted octanol–water partition coefficient (Wildman–Crippen LogP) is 4.26. The van der Waals surface area contributed by atoms with Crippen LogP contribution >= 0.6 is 24.8 Å². The molecule has 2 saturated heterocycles. The van der Waals surface area contributed by atoms with E-state index in [4.69, 9.17) is 0 Å². The molecule has 29 heavy (non-hydrogen) atoms. The third-order valence-electron chi connectivity index (χ3n) is 7.27. The van der Waals surface area contributed by atoms with Crippen molar-refractivity contribution in [1.82, 2.24) is 15.1 Å². The number of likely N-dealkylation sites (N-methyl/N-ethyl adjacent to an activating group) is 1. The third kappa shape index (κ3) is 5.66. The molecular formula is C23H37Cl2N3O. The van der Waals surface area contributed by atoms with Crippen molar-refractivity contribution in [2.24, 2.45) is 5.92 Å². The summed E-state index contributed by atoms with van der Waals surface area (Å²) in [7, 11) is 2.04. The third-order valence-corrected chi connectivity index (χ3v) is 7.27. The molecule has 4 nitrogen and oxygen atoms in total. The maximum absolute atomic E-state index is 13.1. The van der Waals surface area contributed by atoms with E-state index in [1.165, 1.54) is 31.2 Å². The number of likely N-dealkylation sites (tertiary alicyclic amines) is 1. The van der Waals surface area contributed by atoms with Crippen LogP contribution in [0.1, 0.15) is 57.4 Å². The highest BCUT2D eigenvalue weighted by Crippen LogP contribution is 2.34. The molecule has 3 aliphatic rings. The van der Waals surface area contributed by atoms with Crippen LogP contribution in [0.25, 0.3) is 0 Å². The zero-order valence-corrected chi connectivity index (χ0v) is 19.4. The summed E-state index contributed by atoms with van der Waals surface area (Å²) in [6.45, 7) is 4.40. The Labute approximate surface area is 188 Å². The van der Waals surface area contributed by atoms with Crippen molar-refractivity contribution < 1.29 is 4.79 Å². The molecule has 6 heteroatoms. The van der Waals surface area contributed by atoms with Gasteiger partial charge in [0.05, 0.1) is 6.04 Å². The number of piperidine rings is 1. The molecule has 1 aliphatic carbocycles. The number of hydrogen-bond acceptors (Lipinski definition) is 3. The highest BCUT2D eigenvalue weighted by Gasteiger charge is 2.40. The number of carbonyl (C=O) groups is 1. The minimum Gasteiger partial charge on any atom is -0.341 e. The summed E-state index contributed by atoms with van der Waals surface area (Å²) in [5, 5.41) is 3.66. The normalized spacial score (nSPS) is 31.9. The van der Waals surface area contributed by atoms with E-state index in [-0.39, 0.29) is 30.9 Å². The first-order valence-corrected chi connectivity index (χ1v) is 10.9. The van der Waals surface area contributed by atoms with Crippen LogP contribution in [0.15, 0.2) is 30.3 Å². The summed E-state index contributed by atoms with van der Waals surface area (Å²) >= 11 is 0. The Morgan fingerprint density at radius 2 is 1.83 bits per heavy atom. The molecule has 2 aliphatic heterocycles. The number of rotatable bonds is 4. The second-order valence-corrected chi connectivity index (χ2v) is 9.04. The lowest BCUT2D eigenvalue weighted by Crippen LogP contribution is -2.52. The van der Waals surface area contributed by atoms with Crippen molar-refractivity contribution in [2.75, 3.05) is 13.6 Å². The zero-order valence-electron chi connectivity index (χ0n) is 17.8. The summed E-state index contributed by atoms with van der Waals surface area (Å²) in [4.78, 5) is 17.8. The molecule has 5 unspecified atom stereocenters. The highest BCUT2D eigenvalue weighted by molar-refractivity contribution is 5.85. The van der Waals surface area contributed by atoms with Crippen molar-refractivity contribution in [3.63, 3.8) is 0 Å². The fourth-order valence-electron chi connectivity index (χ4n) is 5.54. The lowest BCUT2D eigenvalue weighted by Gasteiger charge is -2.41. The van der Waals surface area contributed by atoms with E-state index in [0.29, 0.717) is 24.0 Å². The number of hydrogen-bond donors (Lipinski definition) is 1. The SMILES string of the molecule is CC1CC(N(C)C(=O)C2CC3CCCCC3N2)CCN1Cc1ccccc1.Cl.Cl. The van der Waals surface area contributed by atoms with Gasteiger partial charge in [0.1, 0.15) is 0 Å². The van der Waals surface area contributed by atoms with Gasteiger partial charge in [0.25, 0.3) is 0 Å². The summed E-state index contributed by atoms with van der Waals surface area (Å²) in [6, 6.07) is 12.3. The van der Waals surface area contributed by atoms with E-state index in [9.17, 15) is 4.79 Å². The van der Waals surface area contributed by atoms with Gasteiger partial charge in [0, 0.05) is 38.3 Å². The van der Waals surface area contributed by atoms with Crippen molar-refractivity contribution in [1.29, 1.82) is 0 Å². The summed E-state index contributed by atoms with van der Waals surface area (Å²) in [5.41, 5.74) is 1.38. The average molecular weight is 442 g/mol. The Hall–Kier alpha value is -0.810. The van der Waals surface area contributed by atoms with Crippen LogP contribution in [-0.2, 0) is 11.3 Å². The van der Waals surface area contributed by atoms with E-state index in [0.717, 1.165) is 38.3 Å². The fraction of sp³-hybridized carbons (Fsp3) is 0.696. The molecule has 4 rings (SSSR count). The van der Waals surface area contributed by atoms with E-state index in [1.54, 1.807) is 0 Å². The lowest BCUT2D eigenvalue weighted by atomic mass is 9.85. The minimum absolute atomic E-state index is 0. The summed E-state index contributed by atoms with van der Waals surface area (Å²) in [5.74, 6) is 1.06.